The predicted molar refractivity (Wildman–Crippen MR) is 87.5 cm³/mol. The highest BCUT2D eigenvalue weighted by Crippen LogP contribution is 2.34. The van der Waals surface area contributed by atoms with Crippen LogP contribution in [-0.2, 0) is 6.54 Å². The summed E-state index contributed by atoms with van der Waals surface area (Å²) in [6.45, 7) is 3.12. The van der Waals surface area contributed by atoms with E-state index in [0.29, 0.717) is 5.88 Å². The first-order valence-electron chi connectivity index (χ1n) is 7.64. The molecule has 1 aromatic rings. The molecule has 1 saturated carbocycles. The Kier molecular flexibility index (Phi) is 5.77. The maximum Gasteiger partial charge on any atom is 0.161 e. The van der Waals surface area contributed by atoms with E-state index in [1.807, 2.05) is 12.1 Å². The minimum Gasteiger partial charge on any atom is -0.493 e. The lowest BCUT2D eigenvalue weighted by atomic mass is 9.77. The Labute approximate surface area is 133 Å². The van der Waals surface area contributed by atoms with Crippen molar-refractivity contribution in [2.75, 3.05) is 20.1 Å². The molecule has 1 aliphatic rings. The molecule has 1 N–H and O–H groups in total. The van der Waals surface area contributed by atoms with Crippen molar-refractivity contribution in [3.05, 3.63) is 23.8 Å². The van der Waals surface area contributed by atoms with Gasteiger partial charge in [-0.05, 0) is 36.5 Å². The molecule has 1 aliphatic carbocycles. The molecule has 2 atom stereocenters. The third-order valence-electron chi connectivity index (χ3n) is 4.46. The Balaban J connectivity index is 2.04. The first kappa shape index (κ1) is 16.4. The van der Waals surface area contributed by atoms with Gasteiger partial charge < -0.3 is 14.8 Å². The fraction of sp³-hybridized carbons (Fsp3) is 0.647. The monoisotopic (exact) mass is 311 g/mol. The number of rotatable bonds is 6. The van der Waals surface area contributed by atoms with Crippen molar-refractivity contribution in [2.45, 2.75) is 44.7 Å². The van der Waals surface area contributed by atoms with Gasteiger partial charge in [-0.15, -0.1) is 11.6 Å². The van der Waals surface area contributed by atoms with E-state index in [0.717, 1.165) is 36.8 Å². The van der Waals surface area contributed by atoms with Crippen molar-refractivity contribution in [1.82, 2.24) is 5.32 Å². The van der Waals surface area contributed by atoms with Crippen LogP contribution in [0, 0.1) is 5.92 Å². The Hall–Kier alpha value is -0.930. The van der Waals surface area contributed by atoms with Gasteiger partial charge in [0.25, 0.3) is 0 Å². The Bertz CT molecular complexity index is 466. The second kappa shape index (κ2) is 7.37. The van der Waals surface area contributed by atoms with Gasteiger partial charge in [-0.1, -0.05) is 25.8 Å². The summed E-state index contributed by atoms with van der Waals surface area (Å²) >= 11 is 6.27. The van der Waals surface area contributed by atoms with E-state index in [9.17, 15) is 0 Å². The molecular formula is C17H26ClNO2. The lowest BCUT2D eigenvalue weighted by Crippen LogP contribution is -2.49. The van der Waals surface area contributed by atoms with Crippen LogP contribution >= 0.6 is 11.6 Å². The van der Waals surface area contributed by atoms with Crippen molar-refractivity contribution in [3.8, 4) is 11.5 Å². The summed E-state index contributed by atoms with van der Waals surface area (Å²) in [6, 6.07) is 6.05. The summed E-state index contributed by atoms with van der Waals surface area (Å²) in [7, 11) is 3.32. The van der Waals surface area contributed by atoms with Crippen LogP contribution in [0.2, 0.25) is 0 Å². The second-order valence-corrected chi connectivity index (χ2v) is 6.43. The van der Waals surface area contributed by atoms with Gasteiger partial charge in [-0.2, -0.15) is 0 Å². The molecule has 2 unspecified atom stereocenters. The van der Waals surface area contributed by atoms with Crippen molar-refractivity contribution in [3.63, 3.8) is 0 Å². The van der Waals surface area contributed by atoms with Crippen LogP contribution in [0.1, 0.15) is 38.2 Å². The number of nitrogens with one attached hydrogen (secondary N) is 1. The number of alkyl halides is 1. The number of hydrogen-bond acceptors (Lipinski definition) is 3. The standard InChI is InChI=1S/C17H26ClNO2/c1-13-5-4-8-17(10-13,12-18)19-11-14-6-7-15(20-2)16(9-14)21-3/h6-7,9,13,19H,4-5,8,10-12H2,1-3H3. The Morgan fingerprint density at radius 2 is 2.05 bits per heavy atom. The predicted octanol–water partition coefficient (Wildman–Crippen LogP) is 3.98. The molecular weight excluding hydrogens is 286 g/mol. The maximum absolute atomic E-state index is 6.27. The van der Waals surface area contributed by atoms with Crippen LogP contribution in [0.5, 0.6) is 11.5 Å². The van der Waals surface area contributed by atoms with Crippen LogP contribution in [0.3, 0.4) is 0 Å². The highest BCUT2D eigenvalue weighted by molar-refractivity contribution is 6.18. The van der Waals surface area contributed by atoms with E-state index in [4.69, 9.17) is 21.1 Å². The zero-order valence-electron chi connectivity index (χ0n) is 13.2. The van der Waals surface area contributed by atoms with E-state index in [-0.39, 0.29) is 5.54 Å². The minimum absolute atomic E-state index is 0.0758. The van der Waals surface area contributed by atoms with Gasteiger partial charge in [0.2, 0.25) is 0 Å². The smallest absolute Gasteiger partial charge is 0.161 e. The normalized spacial score (nSPS) is 25.6. The van der Waals surface area contributed by atoms with Crippen molar-refractivity contribution in [2.24, 2.45) is 5.92 Å². The minimum atomic E-state index is 0.0758. The summed E-state index contributed by atoms with van der Waals surface area (Å²) in [4.78, 5) is 0. The molecule has 118 valence electrons. The first-order chi connectivity index (χ1) is 10.1. The van der Waals surface area contributed by atoms with Crippen LogP contribution < -0.4 is 14.8 Å². The van der Waals surface area contributed by atoms with Gasteiger partial charge >= 0.3 is 0 Å². The fourth-order valence-corrected chi connectivity index (χ4v) is 3.61. The first-order valence-corrected chi connectivity index (χ1v) is 8.18. The topological polar surface area (TPSA) is 30.5 Å². The van der Waals surface area contributed by atoms with E-state index < -0.39 is 0 Å². The van der Waals surface area contributed by atoms with Crippen LogP contribution in [0.4, 0.5) is 0 Å². The molecule has 21 heavy (non-hydrogen) atoms. The number of halogens is 1. The molecule has 4 heteroatoms. The van der Waals surface area contributed by atoms with Crippen molar-refractivity contribution < 1.29 is 9.47 Å². The number of hydrogen-bond donors (Lipinski definition) is 1. The SMILES string of the molecule is COc1ccc(CNC2(CCl)CCCC(C)C2)cc1OC. The highest BCUT2D eigenvalue weighted by atomic mass is 35.5. The molecule has 2 rings (SSSR count). The zero-order chi connectivity index (χ0) is 15.3. The molecule has 1 fully saturated rings. The molecule has 3 nitrogen and oxygen atoms in total. The molecule has 0 aromatic heterocycles. The Morgan fingerprint density at radius 3 is 2.67 bits per heavy atom. The van der Waals surface area contributed by atoms with Crippen LogP contribution in [0.15, 0.2) is 18.2 Å². The second-order valence-electron chi connectivity index (χ2n) is 6.16. The van der Waals surface area contributed by atoms with E-state index in [2.05, 4.69) is 18.3 Å². The Morgan fingerprint density at radius 1 is 1.29 bits per heavy atom. The lowest BCUT2D eigenvalue weighted by molar-refractivity contribution is 0.207. The van der Waals surface area contributed by atoms with Crippen LogP contribution in [-0.4, -0.2) is 25.6 Å². The molecule has 1 aromatic carbocycles. The molecule has 0 radical (unpaired) electrons. The number of methoxy groups -OCH3 is 2. The van der Waals surface area contributed by atoms with Crippen LogP contribution in [0.25, 0.3) is 0 Å². The summed E-state index contributed by atoms with van der Waals surface area (Å²) in [6.07, 6.45) is 4.89. The molecule has 0 saturated heterocycles. The summed E-state index contributed by atoms with van der Waals surface area (Å²) in [5.74, 6) is 2.95. The molecule has 0 bridgehead atoms. The van der Waals surface area contributed by atoms with E-state index >= 15 is 0 Å². The zero-order valence-corrected chi connectivity index (χ0v) is 14.0. The lowest BCUT2D eigenvalue weighted by Gasteiger charge is -2.39. The molecule has 0 amide bonds. The maximum atomic E-state index is 6.27. The highest BCUT2D eigenvalue weighted by Gasteiger charge is 2.33. The summed E-state index contributed by atoms with van der Waals surface area (Å²) < 4.78 is 10.6. The van der Waals surface area contributed by atoms with Gasteiger partial charge in [-0.3, -0.25) is 0 Å². The van der Waals surface area contributed by atoms with Gasteiger partial charge in [0.05, 0.1) is 14.2 Å². The van der Waals surface area contributed by atoms with Gasteiger partial charge in [0, 0.05) is 18.0 Å². The average molecular weight is 312 g/mol. The van der Waals surface area contributed by atoms with Crippen molar-refractivity contribution in [1.29, 1.82) is 0 Å². The molecule has 0 heterocycles. The van der Waals surface area contributed by atoms with Gasteiger partial charge in [0.15, 0.2) is 11.5 Å². The summed E-state index contributed by atoms with van der Waals surface area (Å²) in [5.41, 5.74) is 1.27. The third kappa shape index (κ3) is 4.04. The summed E-state index contributed by atoms with van der Waals surface area (Å²) in [5, 5.41) is 3.69. The van der Waals surface area contributed by atoms with E-state index in [1.54, 1.807) is 14.2 Å². The van der Waals surface area contributed by atoms with Gasteiger partial charge in [-0.25, -0.2) is 0 Å². The van der Waals surface area contributed by atoms with Gasteiger partial charge in [0.1, 0.15) is 0 Å². The largest absolute Gasteiger partial charge is 0.493 e. The van der Waals surface area contributed by atoms with E-state index in [1.165, 1.54) is 18.4 Å². The van der Waals surface area contributed by atoms with Crippen molar-refractivity contribution >= 4 is 11.6 Å². The molecule has 0 spiro atoms. The molecule has 0 aliphatic heterocycles. The third-order valence-corrected chi connectivity index (χ3v) is 4.97. The number of ether oxygens (including phenoxy) is 2. The number of benzene rings is 1. The fourth-order valence-electron chi connectivity index (χ4n) is 3.27. The quantitative estimate of drug-likeness (QED) is 0.806. The average Bonchev–Trinajstić information content (AvgIpc) is 2.52.